The van der Waals surface area contributed by atoms with Gasteiger partial charge in [0, 0.05) is 58.2 Å². The van der Waals surface area contributed by atoms with Crippen LogP contribution in [0.4, 0.5) is 8.78 Å². The molecule has 4 heterocycles. The predicted octanol–water partition coefficient (Wildman–Crippen LogP) is 7.16. The molecule has 0 bridgehead atoms. The Hall–Kier alpha value is -3.67. The number of pyridine rings is 2. The summed E-state index contributed by atoms with van der Waals surface area (Å²) in [4.78, 5) is 8.07. The van der Waals surface area contributed by atoms with Crippen molar-refractivity contribution in [2.45, 2.75) is 35.1 Å². The van der Waals surface area contributed by atoms with Crippen molar-refractivity contribution in [1.82, 2.24) is 20.6 Å². The Balaban J connectivity index is 1.21. The molecule has 2 aromatic carbocycles. The van der Waals surface area contributed by atoms with Crippen molar-refractivity contribution in [1.29, 1.82) is 0 Å². The van der Waals surface area contributed by atoms with Crippen molar-refractivity contribution in [2.24, 2.45) is 0 Å². The molecular weight excluding hydrogens is 607 g/mol. The Morgan fingerprint density at radius 3 is 1.53 bits per heavy atom. The van der Waals surface area contributed by atoms with E-state index >= 15 is 8.78 Å². The second-order valence-corrected chi connectivity index (χ2v) is 15.4. The van der Waals surface area contributed by atoms with Crippen LogP contribution in [0.2, 0.25) is 0 Å². The zero-order valence-electron chi connectivity index (χ0n) is 23.3. The monoisotopic (exact) mass is 634 g/mol. The molecule has 2 aromatic heterocycles. The second-order valence-electron chi connectivity index (χ2n) is 10.6. The van der Waals surface area contributed by atoms with E-state index in [1.807, 2.05) is 61.3 Å². The van der Waals surface area contributed by atoms with Crippen LogP contribution in [0, 0.1) is 11.6 Å². The van der Waals surface area contributed by atoms with Gasteiger partial charge in [-0.3, -0.25) is 9.97 Å². The summed E-state index contributed by atoms with van der Waals surface area (Å²) in [6, 6.07) is 16.4. The Morgan fingerprint density at radius 1 is 0.721 bits per heavy atom. The van der Waals surface area contributed by atoms with E-state index in [4.69, 9.17) is 0 Å². The molecule has 2 N–H and O–H groups in total. The molecule has 2 aliphatic heterocycles. The molecule has 2 atom stereocenters. The summed E-state index contributed by atoms with van der Waals surface area (Å²) in [5, 5.41) is 10.5. The number of rotatable bonds is 8. The first-order chi connectivity index (χ1) is 20.6. The Morgan fingerprint density at radius 2 is 1.16 bits per heavy atom. The largest absolute Gasteiger partial charge is 0.372 e. The number of sulfone groups is 1. The van der Waals surface area contributed by atoms with E-state index in [0.717, 1.165) is 11.1 Å². The summed E-state index contributed by atoms with van der Waals surface area (Å²) < 4.78 is 56.9. The number of nitrogens with zero attached hydrogens (tertiary/aromatic N) is 2. The third-order valence-electron chi connectivity index (χ3n) is 7.51. The van der Waals surface area contributed by atoms with Gasteiger partial charge in [0.1, 0.15) is 21.4 Å². The van der Waals surface area contributed by atoms with Crippen molar-refractivity contribution in [3.63, 3.8) is 0 Å². The molecule has 2 aliphatic rings. The molecule has 0 spiro atoms. The van der Waals surface area contributed by atoms with Gasteiger partial charge in [0.2, 0.25) is 0 Å². The fourth-order valence-electron chi connectivity index (χ4n) is 5.27. The minimum absolute atomic E-state index is 0.0149. The average molecular weight is 635 g/mol. The quantitative estimate of drug-likeness (QED) is 0.211. The molecule has 0 amide bonds. The van der Waals surface area contributed by atoms with Gasteiger partial charge < -0.3 is 10.6 Å². The lowest BCUT2D eigenvalue weighted by Crippen LogP contribution is -2.29. The van der Waals surface area contributed by atoms with E-state index < -0.39 is 42.7 Å². The molecule has 6 rings (SSSR count). The highest BCUT2D eigenvalue weighted by atomic mass is 32.2. The zero-order chi connectivity index (χ0) is 30.2. The third-order valence-corrected chi connectivity index (χ3v) is 11.2. The molecule has 0 fully saturated rings. The smallest absolute Gasteiger partial charge is 0.158 e. The first-order valence-electron chi connectivity index (χ1n) is 13.5. The van der Waals surface area contributed by atoms with Crippen LogP contribution in [0.25, 0.3) is 22.5 Å². The van der Waals surface area contributed by atoms with Crippen molar-refractivity contribution >= 4 is 33.4 Å². The van der Waals surface area contributed by atoms with Crippen LogP contribution in [0.1, 0.15) is 36.1 Å². The molecule has 0 radical (unpaired) electrons. The summed E-state index contributed by atoms with van der Waals surface area (Å²) in [6.45, 7) is 4.03. The molecule has 4 aromatic rings. The van der Waals surface area contributed by atoms with Crippen LogP contribution >= 0.6 is 23.5 Å². The normalized spacial score (nSPS) is 21.1. The summed E-state index contributed by atoms with van der Waals surface area (Å²) >= 11 is 3.17. The molecule has 0 saturated carbocycles. The highest BCUT2D eigenvalue weighted by Gasteiger charge is 2.33. The molecule has 220 valence electrons. The minimum Gasteiger partial charge on any atom is -0.372 e. The fourth-order valence-corrected chi connectivity index (χ4v) is 8.46. The fraction of sp³-hybridized carbons (Fsp3) is 0.188. The van der Waals surface area contributed by atoms with Crippen molar-refractivity contribution in [3.8, 4) is 22.5 Å². The van der Waals surface area contributed by atoms with Gasteiger partial charge >= 0.3 is 0 Å². The maximum absolute atomic E-state index is 15.3. The van der Waals surface area contributed by atoms with E-state index in [1.54, 1.807) is 48.1 Å². The molecule has 43 heavy (non-hydrogen) atoms. The minimum atomic E-state index is -3.90. The SMILES string of the molecule is CC1(c2cccnc2-c2ccc(CS(=O)(=O)Cc3ccc(-c4ncccc4C4(C)NC=CS4)cc3F)c(F)c2)NC=CS1. The molecule has 6 nitrogen and oxygen atoms in total. The summed E-state index contributed by atoms with van der Waals surface area (Å²) in [7, 11) is -3.90. The van der Waals surface area contributed by atoms with Gasteiger partial charge in [-0.05, 0) is 48.9 Å². The topological polar surface area (TPSA) is 84.0 Å². The first-order valence-corrected chi connectivity index (χ1v) is 17.1. The second kappa shape index (κ2) is 11.4. The number of aromatic nitrogens is 2. The first kappa shape index (κ1) is 29.4. The van der Waals surface area contributed by atoms with E-state index in [2.05, 4.69) is 20.6 Å². The summed E-state index contributed by atoms with van der Waals surface area (Å²) in [6.07, 6.45) is 6.99. The lowest BCUT2D eigenvalue weighted by atomic mass is 9.99. The number of benzene rings is 2. The van der Waals surface area contributed by atoms with Gasteiger partial charge in [-0.25, -0.2) is 17.2 Å². The molecule has 11 heteroatoms. The zero-order valence-corrected chi connectivity index (χ0v) is 25.8. The van der Waals surface area contributed by atoms with Gasteiger partial charge in [-0.1, -0.05) is 59.9 Å². The maximum Gasteiger partial charge on any atom is 0.158 e. The van der Waals surface area contributed by atoms with Crippen LogP contribution in [0.5, 0.6) is 0 Å². The Kier molecular flexibility index (Phi) is 7.82. The Bertz CT molecular complexity index is 1730. The molecule has 0 saturated heterocycles. The van der Waals surface area contributed by atoms with E-state index in [0.29, 0.717) is 22.5 Å². The van der Waals surface area contributed by atoms with Gasteiger partial charge in [0.05, 0.1) is 22.9 Å². The van der Waals surface area contributed by atoms with Crippen LogP contribution in [0.3, 0.4) is 0 Å². The number of hydrogen-bond donors (Lipinski definition) is 2. The molecular formula is C32H28F2N4O2S3. The standard InChI is InChI=1S/C32H28F2N4O2S3/c1-31(37-13-15-41-31)25-5-3-11-35-29(25)21-7-9-23(27(33)17-21)19-43(39,40)20-24-10-8-22(18-28(24)34)30-26(6-4-12-36-30)32(2)38-14-16-42-32/h3-18,37-38H,19-20H2,1-2H3. The highest BCUT2D eigenvalue weighted by Crippen LogP contribution is 2.43. The lowest BCUT2D eigenvalue weighted by Gasteiger charge is -2.26. The van der Waals surface area contributed by atoms with Crippen LogP contribution in [-0.2, 0) is 31.1 Å². The van der Waals surface area contributed by atoms with Crippen molar-refractivity contribution < 1.29 is 17.2 Å². The van der Waals surface area contributed by atoms with Gasteiger partial charge in [0.15, 0.2) is 9.84 Å². The number of halogens is 2. The lowest BCUT2D eigenvalue weighted by molar-refractivity contribution is 0.581. The van der Waals surface area contributed by atoms with Crippen LogP contribution < -0.4 is 10.6 Å². The van der Waals surface area contributed by atoms with Gasteiger partial charge in [0.25, 0.3) is 0 Å². The average Bonchev–Trinajstić information content (AvgIpc) is 3.65. The highest BCUT2D eigenvalue weighted by molar-refractivity contribution is 8.03. The number of hydrogen-bond acceptors (Lipinski definition) is 8. The van der Waals surface area contributed by atoms with E-state index in [1.165, 1.54) is 24.3 Å². The van der Waals surface area contributed by atoms with Gasteiger partial charge in [-0.2, -0.15) is 0 Å². The van der Waals surface area contributed by atoms with E-state index in [9.17, 15) is 8.42 Å². The number of nitrogens with one attached hydrogen (secondary N) is 2. The Labute approximate surface area is 258 Å². The number of thioether (sulfide) groups is 2. The maximum atomic E-state index is 15.3. The molecule has 2 unspecified atom stereocenters. The summed E-state index contributed by atoms with van der Waals surface area (Å²) in [5.41, 5.74) is 4.08. The summed E-state index contributed by atoms with van der Waals surface area (Å²) in [5.74, 6) is -2.44. The van der Waals surface area contributed by atoms with E-state index in [-0.39, 0.29) is 11.1 Å². The van der Waals surface area contributed by atoms with Crippen molar-refractivity contribution in [3.05, 3.63) is 130 Å². The predicted molar refractivity (Wildman–Crippen MR) is 170 cm³/mol. The van der Waals surface area contributed by atoms with Gasteiger partial charge in [-0.15, -0.1) is 0 Å². The molecule has 0 aliphatic carbocycles. The third kappa shape index (κ3) is 5.93. The van der Waals surface area contributed by atoms with Crippen LogP contribution in [0.15, 0.2) is 96.3 Å². The van der Waals surface area contributed by atoms with Crippen molar-refractivity contribution in [2.75, 3.05) is 0 Å². The van der Waals surface area contributed by atoms with Crippen LogP contribution in [-0.4, -0.2) is 18.4 Å².